The van der Waals surface area contributed by atoms with E-state index in [1.807, 2.05) is 7.05 Å². The quantitative estimate of drug-likeness (QED) is 0.342. The summed E-state index contributed by atoms with van der Waals surface area (Å²) in [5, 5.41) is 10.2. The van der Waals surface area contributed by atoms with Gasteiger partial charge in [-0.25, -0.2) is 4.98 Å². The molecule has 0 saturated carbocycles. The number of likely N-dealkylation sites (tertiary alicyclic amines) is 1. The first kappa shape index (κ1) is 22.5. The van der Waals surface area contributed by atoms with Gasteiger partial charge in [0.2, 0.25) is 0 Å². The van der Waals surface area contributed by atoms with E-state index in [-0.39, 0.29) is 0 Å². The number of aliphatic imine (C=N–C) groups is 1. The highest BCUT2D eigenvalue weighted by Gasteiger charge is 2.20. The van der Waals surface area contributed by atoms with Gasteiger partial charge in [-0.2, -0.15) is 0 Å². The number of guanidine groups is 1. The van der Waals surface area contributed by atoms with Crippen molar-refractivity contribution in [3.63, 3.8) is 0 Å². The van der Waals surface area contributed by atoms with Crippen LogP contribution in [-0.2, 0) is 16.0 Å². The number of ether oxygens (including phenoxy) is 2. The van der Waals surface area contributed by atoms with Gasteiger partial charge in [0.25, 0.3) is 0 Å². The van der Waals surface area contributed by atoms with Gasteiger partial charge in [-0.15, -0.1) is 11.3 Å². The molecule has 1 aromatic rings. The minimum Gasteiger partial charge on any atom is -0.381 e. The molecule has 164 valence electrons. The molecule has 0 spiro atoms. The summed E-state index contributed by atoms with van der Waals surface area (Å²) in [7, 11) is 1.84. The third kappa shape index (κ3) is 8.20. The zero-order chi connectivity index (χ0) is 20.3. The Morgan fingerprint density at radius 3 is 2.86 bits per heavy atom. The molecule has 2 N–H and O–H groups in total. The zero-order valence-electron chi connectivity index (χ0n) is 18.0. The zero-order valence-corrected chi connectivity index (χ0v) is 18.8. The number of hydrogen-bond donors (Lipinski definition) is 2. The number of piperidine rings is 1. The Balaban J connectivity index is 1.21. The van der Waals surface area contributed by atoms with Crippen LogP contribution < -0.4 is 10.6 Å². The van der Waals surface area contributed by atoms with E-state index >= 15 is 0 Å². The van der Waals surface area contributed by atoms with Crippen LogP contribution in [0.3, 0.4) is 0 Å². The Labute approximate surface area is 179 Å². The lowest BCUT2D eigenvalue weighted by molar-refractivity contribution is 0.0888. The minimum atomic E-state index is 0.592. The largest absolute Gasteiger partial charge is 0.381 e. The van der Waals surface area contributed by atoms with E-state index in [4.69, 9.17) is 9.47 Å². The first-order valence-corrected chi connectivity index (χ1v) is 11.8. The Morgan fingerprint density at radius 2 is 2.17 bits per heavy atom. The van der Waals surface area contributed by atoms with E-state index in [1.165, 1.54) is 18.5 Å². The molecule has 1 unspecified atom stereocenters. The van der Waals surface area contributed by atoms with Crippen molar-refractivity contribution >= 4 is 17.3 Å². The molecule has 2 aliphatic rings. The van der Waals surface area contributed by atoms with Crippen LogP contribution in [0, 0.1) is 18.8 Å². The molecule has 8 heteroatoms. The normalized spacial score (nSPS) is 21.6. The second-order valence-electron chi connectivity index (χ2n) is 8.12. The lowest BCUT2D eigenvalue weighted by atomic mass is 9.97. The van der Waals surface area contributed by atoms with Crippen molar-refractivity contribution in [3.05, 3.63) is 16.1 Å². The summed E-state index contributed by atoms with van der Waals surface area (Å²) in [6.45, 7) is 10.6. The maximum atomic E-state index is 5.75. The number of nitrogens with one attached hydrogen (secondary N) is 2. The Bertz CT molecular complexity index is 610. The summed E-state index contributed by atoms with van der Waals surface area (Å²) < 4.78 is 11.1. The monoisotopic (exact) mass is 423 g/mol. The fourth-order valence-corrected chi connectivity index (χ4v) is 4.47. The predicted molar refractivity (Wildman–Crippen MR) is 119 cm³/mol. The number of aryl methyl sites for hydroxylation is 1. The van der Waals surface area contributed by atoms with Gasteiger partial charge >= 0.3 is 0 Å². The van der Waals surface area contributed by atoms with Crippen molar-refractivity contribution in [2.75, 3.05) is 59.7 Å². The van der Waals surface area contributed by atoms with Gasteiger partial charge in [-0.1, -0.05) is 0 Å². The van der Waals surface area contributed by atoms with Gasteiger partial charge in [-0.3, -0.25) is 9.89 Å². The predicted octanol–water partition coefficient (Wildman–Crippen LogP) is 2.27. The van der Waals surface area contributed by atoms with Crippen LogP contribution in [0.2, 0.25) is 0 Å². The van der Waals surface area contributed by atoms with Gasteiger partial charge in [0.1, 0.15) is 0 Å². The minimum absolute atomic E-state index is 0.592. The lowest BCUT2D eigenvalue weighted by Gasteiger charge is -2.31. The van der Waals surface area contributed by atoms with E-state index < -0.39 is 0 Å². The highest BCUT2D eigenvalue weighted by Crippen LogP contribution is 2.19. The van der Waals surface area contributed by atoms with Gasteiger partial charge in [0.15, 0.2) is 5.96 Å². The first-order valence-electron chi connectivity index (χ1n) is 11.0. The summed E-state index contributed by atoms with van der Waals surface area (Å²) in [6, 6.07) is 0. The Morgan fingerprint density at radius 1 is 1.31 bits per heavy atom. The molecule has 7 nitrogen and oxygen atoms in total. The SMILES string of the molecule is CN=C(NCCCOCC1CCOC1)NCC1CCN(Cc2csc(C)n2)CC1. The molecule has 29 heavy (non-hydrogen) atoms. The van der Waals surface area contributed by atoms with Crippen molar-refractivity contribution in [3.8, 4) is 0 Å². The number of rotatable bonds is 10. The van der Waals surface area contributed by atoms with Crippen LogP contribution in [0.4, 0.5) is 0 Å². The van der Waals surface area contributed by atoms with Crippen molar-refractivity contribution < 1.29 is 9.47 Å². The Kier molecular flexibility index (Phi) is 9.66. The van der Waals surface area contributed by atoms with Crippen molar-refractivity contribution in [1.29, 1.82) is 0 Å². The van der Waals surface area contributed by atoms with Crippen molar-refractivity contribution in [1.82, 2.24) is 20.5 Å². The van der Waals surface area contributed by atoms with Crippen LogP contribution in [0.15, 0.2) is 10.4 Å². The van der Waals surface area contributed by atoms with E-state index in [2.05, 4.69) is 37.8 Å². The smallest absolute Gasteiger partial charge is 0.190 e. The van der Waals surface area contributed by atoms with Crippen LogP contribution >= 0.6 is 11.3 Å². The molecule has 2 fully saturated rings. The highest BCUT2D eigenvalue weighted by molar-refractivity contribution is 7.09. The van der Waals surface area contributed by atoms with Crippen LogP contribution in [0.1, 0.15) is 36.4 Å². The van der Waals surface area contributed by atoms with Crippen LogP contribution in [-0.4, -0.2) is 75.5 Å². The third-order valence-electron chi connectivity index (χ3n) is 5.68. The number of aromatic nitrogens is 1. The van der Waals surface area contributed by atoms with Gasteiger partial charge in [0.05, 0.1) is 23.9 Å². The van der Waals surface area contributed by atoms with Crippen LogP contribution in [0.25, 0.3) is 0 Å². The summed E-state index contributed by atoms with van der Waals surface area (Å²) in [4.78, 5) is 11.5. The molecule has 0 amide bonds. The molecule has 3 heterocycles. The fourth-order valence-electron chi connectivity index (χ4n) is 3.87. The molecular formula is C21H37N5O2S. The van der Waals surface area contributed by atoms with Gasteiger partial charge in [-0.05, 0) is 51.6 Å². The second kappa shape index (κ2) is 12.5. The van der Waals surface area contributed by atoms with E-state index in [0.717, 1.165) is 83.0 Å². The summed E-state index contributed by atoms with van der Waals surface area (Å²) >= 11 is 1.74. The average molecular weight is 424 g/mol. The summed E-state index contributed by atoms with van der Waals surface area (Å²) in [5.41, 5.74) is 1.22. The van der Waals surface area contributed by atoms with E-state index in [0.29, 0.717) is 11.8 Å². The van der Waals surface area contributed by atoms with Crippen LogP contribution in [0.5, 0.6) is 0 Å². The highest BCUT2D eigenvalue weighted by atomic mass is 32.1. The molecule has 1 aromatic heterocycles. The molecule has 0 bridgehead atoms. The summed E-state index contributed by atoms with van der Waals surface area (Å²) in [6.07, 6.45) is 4.58. The molecule has 0 aromatic carbocycles. The average Bonchev–Trinajstić information content (AvgIpc) is 3.39. The lowest BCUT2D eigenvalue weighted by Crippen LogP contribution is -2.43. The molecule has 3 rings (SSSR count). The number of hydrogen-bond acceptors (Lipinski definition) is 6. The Hall–Kier alpha value is -1.22. The molecule has 2 aliphatic heterocycles. The maximum absolute atomic E-state index is 5.75. The van der Waals surface area contributed by atoms with Gasteiger partial charge < -0.3 is 20.1 Å². The van der Waals surface area contributed by atoms with Crippen molar-refractivity contribution in [2.24, 2.45) is 16.8 Å². The summed E-state index contributed by atoms with van der Waals surface area (Å²) in [5.74, 6) is 2.20. The number of nitrogens with zero attached hydrogens (tertiary/aromatic N) is 3. The molecule has 1 atom stereocenters. The second-order valence-corrected chi connectivity index (χ2v) is 9.18. The topological polar surface area (TPSA) is 71.0 Å². The van der Waals surface area contributed by atoms with Gasteiger partial charge in [0, 0.05) is 51.2 Å². The van der Waals surface area contributed by atoms with Crippen molar-refractivity contribution in [2.45, 2.75) is 39.2 Å². The number of thiazole rings is 1. The fraction of sp³-hybridized carbons (Fsp3) is 0.810. The molecule has 2 saturated heterocycles. The molecule has 0 radical (unpaired) electrons. The first-order chi connectivity index (χ1) is 14.2. The van der Waals surface area contributed by atoms with E-state index in [1.54, 1.807) is 11.3 Å². The molecular weight excluding hydrogens is 386 g/mol. The third-order valence-corrected chi connectivity index (χ3v) is 6.50. The standard InChI is InChI=1S/C21H37N5O2S/c1-17-25-20(16-29-17)13-26-8-4-18(5-9-26)12-24-21(22-2)23-7-3-10-27-14-19-6-11-28-15-19/h16,18-19H,3-15H2,1-2H3,(H2,22,23,24). The maximum Gasteiger partial charge on any atom is 0.190 e. The molecule has 0 aliphatic carbocycles. The van der Waals surface area contributed by atoms with E-state index in [9.17, 15) is 0 Å².